The van der Waals surface area contributed by atoms with Crippen molar-refractivity contribution in [3.63, 3.8) is 0 Å². The van der Waals surface area contributed by atoms with Crippen LogP contribution in [-0.4, -0.2) is 25.5 Å². The third-order valence-electron chi connectivity index (χ3n) is 2.53. The summed E-state index contributed by atoms with van der Waals surface area (Å²) in [6.07, 6.45) is 3.07. The largest absolute Gasteiger partial charge is 0.450 e. The van der Waals surface area contributed by atoms with Crippen LogP contribution in [0.5, 0.6) is 0 Å². The Bertz CT molecular complexity index is 373. The Hall–Kier alpha value is -1.84. The van der Waals surface area contributed by atoms with Crippen LogP contribution in [0.1, 0.15) is 35.7 Å². The lowest BCUT2D eigenvalue weighted by atomic mass is 10.1. The Kier molecular flexibility index (Phi) is 6.54. The fourth-order valence-corrected chi connectivity index (χ4v) is 1.43. The van der Waals surface area contributed by atoms with Gasteiger partial charge >= 0.3 is 6.09 Å². The molecule has 4 nitrogen and oxygen atoms in total. The number of hydrogen-bond donors (Lipinski definition) is 1. The van der Waals surface area contributed by atoms with Crippen LogP contribution in [0.2, 0.25) is 0 Å². The molecule has 1 aromatic carbocycles. The number of rotatable bonds is 7. The zero-order valence-electron chi connectivity index (χ0n) is 10.6. The summed E-state index contributed by atoms with van der Waals surface area (Å²) in [6.45, 7) is 3.05. The zero-order chi connectivity index (χ0) is 13.2. The fourth-order valence-electron chi connectivity index (χ4n) is 1.43. The number of hydrogen-bond acceptors (Lipinski definition) is 3. The Balaban J connectivity index is 2.20. The minimum atomic E-state index is -0.368. The first kappa shape index (κ1) is 14.2. The number of unbranched alkanes of at least 4 members (excludes halogenated alkanes) is 1. The maximum Gasteiger partial charge on any atom is 0.407 e. The molecule has 0 aliphatic heterocycles. The molecule has 0 atom stereocenters. The van der Waals surface area contributed by atoms with E-state index in [1.807, 2.05) is 19.1 Å². The zero-order valence-corrected chi connectivity index (χ0v) is 10.6. The Labute approximate surface area is 107 Å². The van der Waals surface area contributed by atoms with E-state index in [4.69, 9.17) is 4.74 Å². The van der Waals surface area contributed by atoms with Crippen molar-refractivity contribution in [1.82, 2.24) is 5.32 Å². The highest BCUT2D eigenvalue weighted by molar-refractivity contribution is 5.74. The van der Waals surface area contributed by atoms with Gasteiger partial charge in [0.2, 0.25) is 0 Å². The predicted octanol–water partition coefficient (Wildman–Crippen LogP) is 2.57. The molecule has 1 N–H and O–H groups in total. The van der Waals surface area contributed by atoms with E-state index in [1.54, 1.807) is 12.1 Å². The lowest BCUT2D eigenvalue weighted by Gasteiger charge is -2.06. The number of alkyl carbamates (subject to hydrolysis) is 1. The van der Waals surface area contributed by atoms with Gasteiger partial charge in [-0.1, -0.05) is 37.6 Å². The molecule has 0 aliphatic rings. The number of nitrogens with one attached hydrogen (secondary N) is 1. The summed E-state index contributed by atoms with van der Waals surface area (Å²) >= 11 is 0. The highest BCUT2D eigenvalue weighted by atomic mass is 16.5. The standard InChI is InChI=1S/C14H19NO3/c1-2-3-10-18-14(17)15-9-8-12-4-6-13(11-16)7-5-12/h4-7,11H,2-3,8-10H2,1H3,(H,15,17). The van der Waals surface area contributed by atoms with Crippen molar-refractivity contribution in [2.24, 2.45) is 0 Å². The minimum absolute atomic E-state index is 0.368. The number of ether oxygens (including phenoxy) is 1. The lowest BCUT2D eigenvalue weighted by molar-refractivity contribution is 0.112. The summed E-state index contributed by atoms with van der Waals surface area (Å²) in [7, 11) is 0. The first-order valence-electron chi connectivity index (χ1n) is 6.21. The third-order valence-corrected chi connectivity index (χ3v) is 2.53. The van der Waals surface area contributed by atoms with Crippen LogP contribution in [-0.2, 0) is 11.2 Å². The molecule has 0 heterocycles. The number of carbonyl (C=O) groups excluding carboxylic acids is 2. The molecule has 1 aromatic rings. The molecule has 0 saturated carbocycles. The van der Waals surface area contributed by atoms with Crippen molar-refractivity contribution in [2.45, 2.75) is 26.2 Å². The van der Waals surface area contributed by atoms with Crippen LogP contribution in [0.25, 0.3) is 0 Å². The van der Waals surface area contributed by atoms with Gasteiger partial charge in [0.15, 0.2) is 0 Å². The minimum Gasteiger partial charge on any atom is -0.450 e. The maximum atomic E-state index is 11.2. The van der Waals surface area contributed by atoms with Crippen molar-refractivity contribution in [3.8, 4) is 0 Å². The molecule has 0 bridgehead atoms. The average molecular weight is 249 g/mol. The first-order valence-corrected chi connectivity index (χ1v) is 6.21. The van der Waals surface area contributed by atoms with Crippen LogP contribution in [0, 0.1) is 0 Å². The van der Waals surface area contributed by atoms with Crippen LogP contribution in [0.3, 0.4) is 0 Å². The third kappa shape index (κ3) is 5.48. The lowest BCUT2D eigenvalue weighted by Crippen LogP contribution is -2.26. The highest BCUT2D eigenvalue weighted by Gasteiger charge is 2.00. The molecule has 1 rings (SSSR count). The topological polar surface area (TPSA) is 55.4 Å². The molecule has 18 heavy (non-hydrogen) atoms. The first-order chi connectivity index (χ1) is 8.76. The van der Waals surface area contributed by atoms with Gasteiger partial charge in [0.1, 0.15) is 6.29 Å². The summed E-state index contributed by atoms with van der Waals surface area (Å²) in [5.74, 6) is 0. The molecular formula is C14H19NO3. The van der Waals surface area contributed by atoms with Gasteiger partial charge in [-0.2, -0.15) is 0 Å². The molecule has 1 amide bonds. The summed E-state index contributed by atoms with van der Waals surface area (Å²) in [5, 5.41) is 2.69. The number of aldehydes is 1. The van der Waals surface area contributed by atoms with Crippen molar-refractivity contribution < 1.29 is 14.3 Å². The van der Waals surface area contributed by atoms with Crippen molar-refractivity contribution in [3.05, 3.63) is 35.4 Å². The molecular weight excluding hydrogens is 230 g/mol. The van der Waals surface area contributed by atoms with E-state index in [-0.39, 0.29) is 6.09 Å². The monoisotopic (exact) mass is 249 g/mol. The van der Waals surface area contributed by atoms with Gasteiger partial charge in [0.05, 0.1) is 6.61 Å². The van der Waals surface area contributed by atoms with Gasteiger partial charge in [-0.25, -0.2) is 4.79 Å². The van der Waals surface area contributed by atoms with E-state index in [2.05, 4.69) is 5.32 Å². The van der Waals surface area contributed by atoms with Crippen LogP contribution in [0.4, 0.5) is 4.79 Å². The SMILES string of the molecule is CCCCOC(=O)NCCc1ccc(C=O)cc1. The van der Waals surface area contributed by atoms with Crippen LogP contribution in [0.15, 0.2) is 24.3 Å². The second-order valence-corrected chi connectivity index (χ2v) is 4.03. The number of carbonyl (C=O) groups is 2. The van der Waals surface area contributed by atoms with Crippen molar-refractivity contribution >= 4 is 12.4 Å². The fraction of sp³-hybridized carbons (Fsp3) is 0.429. The van der Waals surface area contributed by atoms with Crippen molar-refractivity contribution in [1.29, 1.82) is 0 Å². The Morgan fingerprint density at radius 1 is 1.33 bits per heavy atom. The Morgan fingerprint density at radius 2 is 2.06 bits per heavy atom. The second kappa shape index (κ2) is 8.28. The molecule has 98 valence electrons. The molecule has 0 unspecified atom stereocenters. The Morgan fingerprint density at radius 3 is 2.67 bits per heavy atom. The number of amides is 1. The van der Waals surface area contributed by atoms with Gasteiger partial charge in [-0.05, 0) is 18.4 Å². The van der Waals surface area contributed by atoms with E-state index in [0.717, 1.165) is 31.1 Å². The molecule has 0 fully saturated rings. The van der Waals surface area contributed by atoms with Gasteiger partial charge in [0, 0.05) is 12.1 Å². The van der Waals surface area contributed by atoms with E-state index in [9.17, 15) is 9.59 Å². The quantitative estimate of drug-likeness (QED) is 0.597. The van der Waals surface area contributed by atoms with Crippen LogP contribution >= 0.6 is 0 Å². The summed E-state index contributed by atoms with van der Waals surface area (Å²) in [4.78, 5) is 21.7. The molecule has 0 radical (unpaired) electrons. The van der Waals surface area contributed by atoms with Gasteiger partial charge in [-0.15, -0.1) is 0 Å². The molecule has 0 aromatic heterocycles. The van der Waals surface area contributed by atoms with Gasteiger partial charge in [0.25, 0.3) is 0 Å². The summed E-state index contributed by atoms with van der Waals surface area (Å²) in [6, 6.07) is 7.30. The maximum absolute atomic E-state index is 11.2. The van der Waals surface area contributed by atoms with E-state index in [0.29, 0.717) is 18.7 Å². The van der Waals surface area contributed by atoms with Gasteiger partial charge in [-0.3, -0.25) is 4.79 Å². The van der Waals surface area contributed by atoms with E-state index in [1.165, 1.54) is 0 Å². The van der Waals surface area contributed by atoms with Gasteiger partial charge < -0.3 is 10.1 Å². The predicted molar refractivity (Wildman–Crippen MR) is 69.8 cm³/mol. The normalized spacial score (nSPS) is 9.83. The smallest absolute Gasteiger partial charge is 0.407 e. The average Bonchev–Trinajstić information content (AvgIpc) is 2.40. The highest BCUT2D eigenvalue weighted by Crippen LogP contribution is 2.02. The van der Waals surface area contributed by atoms with Crippen LogP contribution < -0.4 is 5.32 Å². The molecule has 4 heteroatoms. The molecule has 0 spiro atoms. The van der Waals surface area contributed by atoms with Crippen molar-refractivity contribution in [2.75, 3.05) is 13.2 Å². The number of benzene rings is 1. The molecule has 0 aliphatic carbocycles. The molecule has 0 saturated heterocycles. The summed E-state index contributed by atoms with van der Waals surface area (Å²) in [5.41, 5.74) is 1.74. The second-order valence-electron chi connectivity index (χ2n) is 4.03. The van der Waals surface area contributed by atoms with E-state index >= 15 is 0 Å². The van der Waals surface area contributed by atoms with E-state index < -0.39 is 0 Å². The summed E-state index contributed by atoms with van der Waals surface area (Å²) < 4.78 is 4.96.